The number of hydrogen-bond donors (Lipinski definition) is 2. The molecule has 0 saturated carbocycles. The number of nitrogens with zero attached hydrogens (tertiary/aromatic N) is 1. The predicted octanol–water partition coefficient (Wildman–Crippen LogP) is 2.69. The fourth-order valence-corrected chi connectivity index (χ4v) is 3.71. The van der Waals surface area contributed by atoms with Gasteiger partial charge in [0.05, 0.1) is 30.9 Å². The second-order valence-electron chi connectivity index (χ2n) is 6.75. The molecule has 0 aliphatic rings. The topological polar surface area (TPSA) is 129 Å². The van der Waals surface area contributed by atoms with Gasteiger partial charge in [0, 0.05) is 5.56 Å². The highest BCUT2D eigenvalue weighted by atomic mass is 32.2. The Morgan fingerprint density at radius 1 is 1.00 bits per heavy atom. The minimum atomic E-state index is -3.83. The number of ether oxygens (including phenoxy) is 3. The van der Waals surface area contributed by atoms with Gasteiger partial charge in [0.2, 0.25) is 0 Å². The zero-order chi connectivity index (χ0) is 23.8. The third-order valence-electron chi connectivity index (χ3n) is 4.60. The van der Waals surface area contributed by atoms with Gasteiger partial charge in [-0.25, -0.2) is 4.83 Å². The van der Waals surface area contributed by atoms with Crippen LogP contribution in [-0.4, -0.2) is 34.8 Å². The van der Waals surface area contributed by atoms with E-state index >= 15 is 0 Å². The summed E-state index contributed by atoms with van der Waals surface area (Å²) in [4.78, 5) is 13.8. The third kappa shape index (κ3) is 6.01. The molecule has 9 nitrogen and oxygen atoms in total. The van der Waals surface area contributed by atoms with Crippen LogP contribution in [0.1, 0.15) is 21.5 Å². The monoisotopic (exact) mass is 469 g/mol. The van der Waals surface area contributed by atoms with Crippen LogP contribution in [0.4, 0.5) is 0 Å². The van der Waals surface area contributed by atoms with Gasteiger partial charge >= 0.3 is 0 Å². The molecule has 0 radical (unpaired) electrons. The zero-order valence-corrected chi connectivity index (χ0v) is 18.8. The predicted molar refractivity (Wildman–Crippen MR) is 123 cm³/mol. The number of methoxy groups -OCH3 is 2. The van der Waals surface area contributed by atoms with Gasteiger partial charge in [-0.2, -0.15) is 13.5 Å². The molecule has 3 aromatic carbocycles. The molecule has 0 atom stereocenters. The molecule has 0 aliphatic heterocycles. The summed E-state index contributed by atoms with van der Waals surface area (Å²) >= 11 is 0. The number of hydrazone groups is 1. The van der Waals surface area contributed by atoms with E-state index in [1.165, 1.54) is 32.6 Å². The number of para-hydroxylation sites is 1. The average molecular weight is 470 g/mol. The fraction of sp³-hybridized carbons (Fsp3) is 0.130. The Balaban J connectivity index is 1.73. The minimum Gasteiger partial charge on any atom is -0.497 e. The molecule has 33 heavy (non-hydrogen) atoms. The Hall–Kier alpha value is -4.05. The molecule has 0 aromatic heterocycles. The molecule has 0 unspecified atom stereocenters. The average Bonchev–Trinajstić information content (AvgIpc) is 2.83. The molecule has 0 saturated heterocycles. The molecule has 0 heterocycles. The maximum Gasteiger partial charge on any atom is 0.276 e. The highest BCUT2D eigenvalue weighted by Crippen LogP contribution is 2.24. The first-order valence-electron chi connectivity index (χ1n) is 9.71. The van der Waals surface area contributed by atoms with E-state index in [-0.39, 0.29) is 17.1 Å². The third-order valence-corrected chi connectivity index (χ3v) is 5.83. The zero-order valence-electron chi connectivity index (χ0n) is 18.0. The lowest BCUT2D eigenvalue weighted by molar-refractivity contribution is 0.0996. The number of amides is 1. The summed E-state index contributed by atoms with van der Waals surface area (Å²) in [5.74, 6) is 0.854. The van der Waals surface area contributed by atoms with E-state index < -0.39 is 15.9 Å². The molecule has 0 bridgehead atoms. The number of nitrogens with one attached hydrogen (secondary N) is 1. The van der Waals surface area contributed by atoms with Crippen molar-refractivity contribution in [3.05, 3.63) is 83.4 Å². The first-order chi connectivity index (χ1) is 15.8. The Labute approximate surface area is 191 Å². The number of sulfonamides is 1. The van der Waals surface area contributed by atoms with Crippen LogP contribution < -0.4 is 24.8 Å². The van der Waals surface area contributed by atoms with E-state index in [2.05, 4.69) is 9.93 Å². The largest absolute Gasteiger partial charge is 0.497 e. The van der Waals surface area contributed by atoms with E-state index in [0.717, 1.165) is 0 Å². The van der Waals surface area contributed by atoms with Crippen LogP contribution in [-0.2, 0) is 16.6 Å². The number of benzene rings is 3. The van der Waals surface area contributed by atoms with Gasteiger partial charge in [-0.1, -0.05) is 12.1 Å². The number of rotatable bonds is 10. The summed E-state index contributed by atoms with van der Waals surface area (Å²) in [5.41, 5.74) is 6.92. The number of hydrogen-bond acceptors (Lipinski definition) is 7. The maximum absolute atomic E-state index is 12.4. The minimum absolute atomic E-state index is 0.0531. The summed E-state index contributed by atoms with van der Waals surface area (Å²) in [6, 6.07) is 17.7. The molecule has 3 rings (SSSR count). The summed E-state index contributed by atoms with van der Waals surface area (Å²) in [6.07, 6.45) is 1.36. The summed E-state index contributed by atoms with van der Waals surface area (Å²) in [5, 5.41) is 3.85. The number of primary amides is 1. The number of carbonyl (C=O) groups excluding carboxylic acids is 1. The van der Waals surface area contributed by atoms with Crippen molar-refractivity contribution in [1.82, 2.24) is 4.83 Å². The normalized spacial score (nSPS) is 11.2. The Bertz CT molecular complexity index is 1260. The Morgan fingerprint density at radius 3 is 2.39 bits per heavy atom. The smallest absolute Gasteiger partial charge is 0.276 e. The van der Waals surface area contributed by atoms with Crippen molar-refractivity contribution < 1.29 is 27.4 Å². The Morgan fingerprint density at radius 2 is 1.73 bits per heavy atom. The van der Waals surface area contributed by atoms with Crippen LogP contribution >= 0.6 is 0 Å². The van der Waals surface area contributed by atoms with Gasteiger partial charge in [-0.3, -0.25) is 4.79 Å². The Kier molecular flexibility index (Phi) is 7.52. The lowest BCUT2D eigenvalue weighted by Crippen LogP contribution is -2.18. The van der Waals surface area contributed by atoms with E-state index in [9.17, 15) is 13.2 Å². The van der Waals surface area contributed by atoms with E-state index in [0.29, 0.717) is 28.4 Å². The van der Waals surface area contributed by atoms with Crippen LogP contribution in [0.5, 0.6) is 17.2 Å². The van der Waals surface area contributed by atoms with Crippen molar-refractivity contribution in [2.45, 2.75) is 11.5 Å². The molecule has 1 amide bonds. The molecule has 10 heteroatoms. The van der Waals surface area contributed by atoms with Crippen LogP contribution in [0.25, 0.3) is 0 Å². The summed E-state index contributed by atoms with van der Waals surface area (Å²) in [6.45, 7) is 0.0900. The SMILES string of the molecule is COc1ccc(S(=O)(=O)N/N=C/c2ccc(OC)c(COc3ccccc3C(N)=O)c2)cc1. The molecule has 3 N–H and O–H groups in total. The van der Waals surface area contributed by atoms with Gasteiger partial charge < -0.3 is 19.9 Å². The van der Waals surface area contributed by atoms with Crippen LogP contribution in [0.3, 0.4) is 0 Å². The highest BCUT2D eigenvalue weighted by molar-refractivity contribution is 7.89. The van der Waals surface area contributed by atoms with Gasteiger partial charge in [-0.05, 0) is 60.2 Å². The van der Waals surface area contributed by atoms with Crippen LogP contribution in [0, 0.1) is 0 Å². The van der Waals surface area contributed by atoms with Crippen molar-refractivity contribution in [2.24, 2.45) is 10.8 Å². The van der Waals surface area contributed by atoms with Crippen LogP contribution in [0.15, 0.2) is 76.7 Å². The van der Waals surface area contributed by atoms with Crippen molar-refractivity contribution in [1.29, 1.82) is 0 Å². The van der Waals surface area contributed by atoms with Crippen molar-refractivity contribution in [2.75, 3.05) is 14.2 Å². The quantitative estimate of drug-likeness (QED) is 0.347. The molecule has 0 spiro atoms. The van der Waals surface area contributed by atoms with Gasteiger partial charge in [0.25, 0.3) is 15.9 Å². The van der Waals surface area contributed by atoms with E-state index in [4.69, 9.17) is 19.9 Å². The fourth-order valence-electron chi connectivity index (χ4n) is 2.92. The molecule has 0 aliphatic carbocycles. The second-order valence-corrected chi connectivity index (χ2v) is 8.41. The maximum atomic E-state index is 12.4. The van der Waals surface area contributed by atoms with Crippen LogP contribution in [0.2, 0.25) is 0 Å². The van der Waals surface area contributed by atoms with Gasteiger partial charge in [0.1, 0.15) is 23.9 Å². The lowest BCUT2D eigenvalue weighted by atomic mass is 10.1. The lowest BCUT2D eigenvalue weighted by Gasteiger charge is -2.13. The molecule has 3 aromatic rings. The van der Waals surface area contributed by atoms with Gasteiger partial charge in [0.15, 0.2) is 0 Å². The molecule has 172 valence electrons. The van der Waals surface area contributed by atoms with E-state index in [1.807, 2.05) is 0 Å². The number of nitrogens with two attached hydrogens (primary N) is 1. The van der Waals surface area contributed by atoms with Crippen molar-refractivity contribution in [3.8, 4) is 17.2 Å². The molecular weight excluding hydrogens is 446 g/mol. The number of carbonyl (C=O) groups is 1. The standard InChI is InChI=1S/C23H23N3O6S/c1-30-18-8-10-19(11-9-18)33(28,29)26-25-14-16-7-12-21(31-2)17(13-16)15-32-22-6-4-3-5-20(22)23(24)27/h3-14,26H,15H2,1-2H3,(H2,24,27)/b25-14+. The first kappa shape index (κ1) is 23.6. The summed E-state index contributed by atoms with van der Waals surface area (Å²) < 4.78 is 40.9. The highest BCUT2D eigenvalue weighted by Gasteiger charge is 2.13. The summed E-state index contributed by atoms with van der Waals surface area (Å²) in [7, 11) is -0.817. The van der Waals surface area contributed by atoms with E-state index in [1.54, 1.807) is 54.6 Å². The molecular formula is C23H23N3O6S. The second kappa shape index (κ2) is 10.5. The first-order valence-corrected chi connectivity index (χ1v) is 11.2. The molecule has 0 fully saturated rings. The van der Waals surface area contributed by atoms with Crippen molar-refractivity contribution in [3.63, 3.8) is 0 Å². The van der Waals surface area contributed by atoms with Crippen molar-refractivity contribution >= 4 is 22.1 Å². The van der Waals surface area contributed by atoms with Gasteiger partial charge in [-0.15, -0.1) is 0 Å².